The fourth-order valence-corrected chi connectivity index (χ4v) is 7.08. The Kier molecular flexibility index (Phi) is 5.42. The summed E-state index contributed by atoms with van der Waals surface area (Å²) in [5, 5.41) is 11.2. The first-order valence-corrected chi connectivity index (χ1v) is 14.5. The van der Waals surface area contributed by atoms with Crippen molar-refractivity contribution in [2.24, 2.45) is 0 Å². The molecule has 190 valence electrons. The van der Waals surface area contributed by atoms with Crippen molar-refractivity contribution in [1.29, 1.82) is 0 Å². The molecule has 0 radical (unpaired) electrons. The summed E-state index contributed by atoms with van der Waals surface area (Å²) >= 11 is 1.84. The largest absolute Gasteiger partial charge is 0.373 e. The fourth-order valence-electron chi connectivity index (χ4n) is 5.96. The van der Waals surface area contributed by atoms with Crippen LogP contribution in [0.25, 0.3) is 48.8 Å². The van der Waals surface area contributed by atoms with E-state index in [1.54, 1.807) is 0 Å². The molecule has 1 N–H and O–H groups in total. The van der Waals surface area contributed by atoms with E-state index in [1.807, 2.05) is 11.3 Å². The van der Waals surface area contributed by atoms with Crippen LogP contribution in [0.4, 0.5) is 22.1 Å². The SMILES string of the molecule is C1=Cc2c(sc3cccc(N(c4ccc(-c5ccccc5)cc4)c4ccc5c(ccc6ccccc65)c4)c23)NC1. The number of thiophene rings is 1. The number of hydrogen-bond acceptors (Lipinski definition) is 3. The fraction of sp³-hybridized carbons (Fsp3) is 0.0270. The van der Waals surface area contributed by atoms with Crippen molar-refractivity contribution in [2.75, 3.05) is 16.8 Å². The number of rotatable bonds is 4. The van der Waals surface area contributed by atoms with Crippen molar-refractivity contribution < 1.29 is 0 Å². The number of fused-ring (bicyclic) bond motifs is 6. The molecule has 7 aromatic rings. The van der Waals surface area contributed by atoms with Gasteiger partial charge in [0, 0.05) is 33.6 Å². The van der Waals surface area contributed by atoms with E-state index in [9.17, 15) is 0 Å². The van der Waals surface area contributed by atoms with Gasteiger partial charge in [-0.15, -0.1) is 11.3 Å². The van der Waals surface area contributed by atoms with Gasteiger partial charge in [-0.1, -0.05) is 103 Å². The minimum absolute atomic E-state index is 0.873. The molecular formula is C37H26N2S. The predicted octanol–water partition coefficient (Wildman–Crippen LogP) is 10.8. The highest BCUT2D eigenvalue weighted by atomic mass is 32.1. The van der Waals surface area contributed by atoms with Crippen LogP contribution < -0.4 is 10.2 Å². The standard InChI is InChI=1S/C37H26N2S/c1-2-8-25(9-3-1)26-17-19-29(20-18-26)39(34-13-6-14-35-36(34)33-12-7-23-38-37(33)40-35)30-21-22-32-28(24-30)16-15-27-10-4-5-11-31(27)32/h1-22,24,38H,23H2. The van der Waals surface area contributed by atoms with Crippen molar-refractivity contribution >= 4 is 71.1 Å². The summed E-state index contributed by atoms with van der Waals surface area (Å²) < 4.78 is 1.29. The summed E-state index contributed by atoms with van der Waals surface area (Å²) in [4.78, 5) is 2.42. The molecule has 0 saturated carbocycles. The normalized spacial score (nSPS) is 12.5. The van der Waals surface area contributed by atoms with Gasteiger partial charge in [-0.3, -0.25) is 0 Å². The van der Waals surface area contributed by atoms with Crippen molar-refractivity contribution in [3.8, 4) is 11.1 Å². The van der Waals surface area contributed by atoms with Crippen LogP contribution in [0.15, 0.2) is 133 Å². The van der Waals surface area contributed by atoms with Gasteiger partial charge in [0.25, 0.3) is 0 Å². The average Bonchev–Trinajstić information content (AvgIpc) is 3.41. The highest BCUT2D eigenvalue weighted by Gasteiger charge is 2.21. The zero-order chi connectivity index (χ0) is 26.5. The first-order chi connectivity index (χ1) is 19.8. The smallest absolute Gasteiger partial charge is 0.0971 e. The topological polar surface area (TPSA) is 15.3 Å². The van der Waals surface area contributed by atoms with E-state index in [-0.39, 0.29) is 0 Å². The van der Waals surface area contributed by atoms with Crippen molar-refractivity contribution in [2.45, 2.75) is 0 Å². The number of nitrogens with one attached hydrogen (secondary N) is 1. The molecule has 0 bridgehead atoms. The maximum absolute atomic E-state index is 3.58. The van der Waals surface area contributed by atoms with E-state index >= 15 is 0 Å². The molecule has 0 fully saturated rings. The molecule has 6 aromatic carbocycles. The molecular weight excluding hydrogens is 504 g/mol. The Bertz CT molecular complexity index is 2050. The highest BCUT2D eigenvalue weighted by molar-refractivity contribution is 7.23. The van der Waals surface area contributed by atoms with Crippen LogP contribution in [0.3, 0.4) is 0 Å². The Hall–Kier alpha value is -4.86. The lowest BCUT2D eigenvalue weighted by molar-refractivity contribution is 1.30. The van der Waals surface area contributed by atoms with E-state index in [4.69, 9.17) is 0 Å². The van der Waals surface area contributed by atoms with Crippen LogP contribution in [0.1, 0.15) is 5.56 Å². The third-order valence-corrected chi connectivity index (χ3v) is 8.98. The Morgan fingerprint density at radius 2 is 1.35 bits per heavy atom. The maximum Gasteiger partial charge on any atom is 0.0971 e. The molecule has 0 unspecified atom stereocenters. The zero-order valence-electron chi connectivity index (χ0n) is 21.8. The number of hydrogen-bond donors (Lipinski definition) is 1. The second-order valence-corrected chi connectivity index (χ2v) is 11.3. The second-order valence-electron chi connectivity index (χ2n) is 10.2. The van der Waals surface area contributed by atoms with Crippen LogP contribution in [-0.2, 0) is 0 Å². The molecule has 8 rings (SSSR count). The molecule has 0 amide bonds. The van der Waals surface area contributed by atoms with Gasteiger partial charge in [-0.25, -0.2) is 0 Å². The molecule has 3 heteroatoms. The molecule has 2 heterocycles. The Balaban J connectivity index is 1.35. The van der Waals surface area contributed by atoms with Gasteiger partial charge in [0.05, 0.1) is 10.7 Å². The molecule has 0 atom stereocenters. The van der Waals surface area contributed by atoms with Crippen molar-refractivity contribution in [1.82, 2.24) is 0 Å². The Labute approximate surface area is 237 Å². The van der Waals surface area contributed by atoms with Crippen LogP contribution in [-0.4, -0.2) is 6.54 Å². The molecule has 1 aliphatic heterocycles. The molecule has 1 aliphatic rings. The second kappa shape index (κ2) is 9.41. The highest BCUT2D eigenvalue weighted by Crippen LogP contribution is 2.47. The maximum atomic E-state index is 3.58. The van der Waals surface area contributed by atoms with E-state index in [2.05, 4.69) is 150 Å². The zero-order valence-corrected chi connectivity index (χ0v) is 22.7. The lowest BCUT2D eigenvalue weighted by Crippen LogP contribution is -2.11. The minimum atomic E-state index is 0.873. The summed E-state index contributed by atoms with van der Waals surface area (Å²) in [6.07, 6.45) is 4.49. The summed E-state index contributed by atoms with van der Waals surface area (Å²) in [5.41, 5.74) is 7.20. The summed E-state index contributed by atoms with van der Waals surface area (Å²) in [7, 11) is 0. The molecule has 40 heavy (non-hydrogen) atoms. The van der Waals surface area contributed by atoms with E-state index in [0.717, 1.165) is 17.9 Å². The number of benzene rings is 6. The lowest BCUT2D eigenvalue weighted by Gasteiger charge is -2.27. The van der Waals surface area contributed by atoms with Gasteiger partial charge < -0.3 is 10.2 Å². The third-order valence-electron chi connectivity index (χ3n) is 7.86. The van der Waals surface area contributed by atoms with Crippen molar-refractivity contribution in [3.05, 3.63) is 139 Å². The number of nitrogens with zero attached hydrogens (tertiary/aromatic N) is 1. The average molecular weight is 531 g/mol. The van der Waals surface area contributed by atoms with E-state index < -0.39 is 0 Å². The molecule has 0 saturated heterocycles. The first-order valence-electron chi connectivity index (χ1n) is 13.7. The van der Waals surface area contributed by atoms with Crippen molar-refractivity contribution in [3.63, 3.8) is 0 Å². The Morgan fingerprint density at radius 1 is 0.600 bits per heavy atom. The predicted molar refractivity (Wildman–Crippen MR) is 174 cm³/mol. The molecule has 2 nitrogen and oxygen atoms in total. The molecule has 0 spiro atoms. The number of anilines is 4. The van der Waals surface area contributed by atoms with Crippen LogP contribution in [0, 0.1) is 0 Å². The monoisotopic (exact) mass is 530 g/mol. The van der Waals surface area contributed by atoms with Gasteiger partial charge in [-0.05, 0) is 69.1 Å². The third kappa shape index (κ3) is 3.78. The Morgan fingerprint density at radius 3 is 2.25 bits per heavy atom. The summed E-state index contributed by atoms with van der Waals surface area (Å²) in [6, 6.07) is 46.2. The van der Waals surface area contributed by atoms with E-state index in [1.165, 1.54) is 59.0 Å². The van der Waals surface area contributed by atoms with Gasteiger partial charge in [0.2, 0.25) is 0 Å². The van der Waals surface area contributed by atoms with Gasteiger partial charge in [0.1, 0.15) is 0 Å². The molecule has 0 aliphatic carbocycles. The summed E-state index contributed by atoms with van der Waals surface area (Å²) in [5.74, 6) is 0. The van der Waals surface area contributed by atoms with Crippen LogP contribution in [0.5, 0.6) is 0 Å². The minimum Gasteiger partial charge on any atom is -0.373 e. The van der Waals surface area contributed by atoms with Crippen LogP contribution in [0.2, 0.25) is 0 Å². The van der Waals surface area contributed by atoms with E-state index in [0.29, 0.717) is 0 Å². The lowest BCUT2D eigenvalue weighted by atomic mass is 10.00. The van der Waals surface area contributed by atoms with Crippen LogP contribution >= 0.6 is 11.3 Å². The molecule has 1 aromatic heterocycles. The van der Waals surface area contributed by atoms with Gasteiger partial charge in [-0.2, -0.15) is 0 Å². The van der Waals surface area contributed by atoms with Gasteiger partial charge in [0.15, 0.2) is 0 Å². The quantitative estimate of drug-likeness (QED) is 0.228. The van der Waals surface area contributed by atoms with Gasteiger partial charge >= 0.3 is 0 Å². The first kappa shape index (κ1) is 23.1. The summed E-state index contributed by atoms with van der Waals surface area (Å²) in [6.45, 7) is 0.873.